The van der Waals surface area contributed by atoms with Crippen LogP contribution in [0.1, 0.15) is 30.5 Å². The van der Waals surface area contributed by atoms with Gasteiger partial charge in [0.05, 0.1) is 6.10 Å². The number of hydrogen-bond acceptors (Lipinski definition) is 2. The van der Waals surface area contributed by atoms with Gasteiger partial charge in [0.1, 0.15) is 0 Å². The summed E-state index contributed by atoms with van der Waals surface area (Å²) in [6, 6.07) is 9.18. The predicted molar refractivity (Wildman–Crippen MR) is 62.0 cm³/mol. The molecular weight excluding hydrogens is 186 g/mol. The molecule has 0 spiro atoms. The molecule has 0 aliphatic carbocycles. The Hall–Kier alpha value is -0.860. The largest absolute Gasteiger partial charge is 0.382 e. The van der Waals surface area contributed by atoms with Gasteiger partial charge in [0, 0.05) is 13.2 Å². The molecular formula is C13H19NO. The van der Waals surface area contributed by atoms with E-state index in [9.17, 15) is 0 Å². The Labute approximate surface area is 91.6 Å². The van der Waals surface area contributed by atoms with E-state index in [2.05, 4.69) is 36.5 Å². The van der Waals surface area contributed by atoms with Crippen molar-refractivity contribution in [1.29, 1.82) is 0 Å². The molecule has 0 amide bonds. The number of hydrogen-bond donors (Lipinski definition) is 1. The molecule has 0 bridgehead atoms. The van der Waals surface area contributed by atoms with Crippen molar-refractivity contribution in [3.63, 3.8) is 0 Å². The van der Waals surface area contributed by atoms with E-state index in [0.717, 1.165) is 19.4 Å². The number of fused-ring (bicyclic) bond motifs is 1. The van der Waals surface area contributed by atoms with Gasteiger partial charge in [-0.1, -0.05) is 24.3 Å². The summed E-state index contributed by atoms with van der Waals surface area (Å²) in [6.45, 7) is 3.21. The first-order valence-electron chi connectivity index (χ1n) is 5.65. The summed E-state index contributed by atoms with van der Waals surface area (Å²) in [5, 5.41) is 3.56. The standard InChI is InChI=1S/C13H19NO/c1-10(15-2)9-13-12-6-4-3-5-11(12)7-8-14-13/h3-6,10,13-14H,7-9H2,1-2H3. The fourth-order valence-electron chi connectivity index (χ4n) is 2.23. The summed E-state index contributed by atoms with van der Waals surface area (Å²) in [5.41, 5.74) is 2.94. The van der Waals surface area contributed by atoms with Crippen molar-refractivity contribution < 1.29 is 4.74 Å². The van der Waals surface area contributed by atoms with Gasteiger partial charge >= 0.3 is 0 Å². The van der Waals surface area contributed by atoms with E-state index in [1.807, 2.05) is 0 Å². The summed E-state index contributed by atoms with van der Waals surface area (Å²) in [5.74, 6) is 0. The van der Waals surface area contributed by atoms with E-state index in [1.165, 1.54) is 11.1 Å². The minimum absolute atomic E-state index is 0.314. The topological polar surface area (TPSA) is 21.3 Å². The molecule has 1 N–H and O–H groups in total. The third-order valence-corrected chi connectivity index (χ3v) is 3.19. The Balaban J connectivity index is 2.15. The molecule has 1 aliphatic heterocycles. The van der Waals surface area contributed by atoms with Gasteiger partial charge < -0.3 is 10.1 Å². The molecule has 15 heavy (non-hydrogen) atoms. The number of nitrogens with one attached hydrogen (secondary N) is 1. The maximum atomic E-state index is 5.33. The van der Waals surface area contributed by atoms with Crippen molar-refractivity contribution in [2.75, 3.05) is 13.7 Å². The molecule has 82 valence electrons. The van der Waals surface area contributed by atoms with Gasteiger partial charge in [-0.2, -0.15) is 0 Å². The van der Waals surface area contributed by atoms with Crippen LogP contribution in [0.2, 0.25) is 0 Å². The quantitative estimate of drug-likeness (QED) is 0.817. The molecule has 1 aromatic rings. The highest BCUT2D eigenvalue weighted by molar-refractivity contribution is 5.32. The Bertz CT molecular complexity index is 324. The van der Waals surface area contributed by atoms with Crippen LogP contribution in [0.4, 0.5) is 0 Å². The minimum Gasteiger partial charge on any atom is -0.382 e. The van der Waals surface area contributed by atoms with Crippen molar-refractivity contribution in [2.24, 2.45) is 0 Å². The van der Waals surface area contributed by atoms with Gasteiger partial charge in [-0.25, -0.2) is 0 Å². The second kappa shape index (κ2) is 4.77. The van der Waals surface area contributed by atoms with Crippen LogP contribution in [-0.2, 0) is 11.2 Å². The zero-order valence-electron chi connectivity index (χ0n) is 9.49. The van der Waals surface area contributed by atoms with E-state index in [4.69, 9.17) is 4.74 Å². The van der Waals surface area contributed by atoms with Gasteiger partial charge in [0.25, 0.3) is 0 Å². The molecule has 2 nitrogen and oxygen atoms in total. The van der Waals surface area contributed by atoms with Crippen molar-refractivity contribution in [2.45, 2.75) is 31.9 Å². The van der Waals surface area contributed by atoms with Crippen LogP contribution in [0.15, 0.2) is 24.3 Å². The minimum atomic E-state index is 0.314. The first-order valence-corrected chi connectivity index (χ1v) is 5.65. The molecule has 0 saturated heterocycles. The van der Waals surface area contributed by atoms with Gasteiger partial charge in [-0.15, -0.1) is 0 Å². The van der Waals surface area contributed by atoms with Crippen LogP contribution in [0.3, 0.4) is 0 Å². The highest BCUT2D eigenvalue weighted by Crippen LogP contribution is 2.26. The van der Waals surface area contributed by atoms with Gasteiger partial charge in [0.2, 0.25) is 0 Å². The molecule has 0 saturated carbocycles. The van der Waals surface area contributed by atoms with Crippen LogP contribution < -0.4 is 5.32 Å². The second-order valence-corrected chi connectivity index (χ2v) is 4.24. The Morgan fingerprint density at radius 2 is 2.27 bits per heavy atom. The molecule has 2 atom stereocenters. The van der Waals surface area contributed by atoms with Gasteiger partial charge in [-0.05, 0) is 37.4 Å². The summed E-state index contributed by atoms with van der Waals surface area (Å²) in [4.78, 5) is 0. The van der Waals surface area contributed by atoms with Crippen molar-refractivity contribution in [3.05, 3.63) is 35.4 Å². The van der Waals surface area contributed by atoms with Crippen LogP contribution >= 0.6 is 0 Å². The number of methoxy groups -OCH3 is 1. The fraction of sp³-hybridized carbons (Fsp3) is 0.538. The molecule has 0 radical (unpaired) electrons. The first kappa shape index (κ1) is 10.7. The monoisotopic (exact) mass is 205 g/mol. The van der Waals surface area contributed by atoms with Crippen LogP contribution in [0.25, 0.3) is 0 Å². The molecule has 1 aliphatic rings. The average Bonchev–Trinajstić information content (AvgIpc) is 2.29. The Morgan fingerprint density at radius 1 is 1.47 bits per heavy atom. The number of benzene rings is 1. The van der Waals surface area contributed by atoms with Gasteiger partial charge in [-0.3, -0.25) is 0 Å². The van der Waals surface area contributed by atoms with Crippen LogP contribution in [0.5, 0.6) is 0 Å². The Kier molecular flexibility index (Phi) is 3.39. The van der Waals surface area contributed by atoms with E-state index in [-0.39, 0.29) is 0 Å². The number of ether oxygens (including phenoxy) is 1. The van der Waals surface area contributed by atoms with Crippen LogP contribution in [-0.4, -0.2) is 19.8 Å². The summed E-state index contributed by atoms with van der Waals surface area (Å²) in [7, 11) is 1.78. The van der Waals surface area contributed by atoms with E-state index >= 15 is 0 Å². The van der Waals surface area contributed by atoms with Crippen LogP contribution in [0, 0.1) is 0 Å². The lowest BCUT2D eigenvalue weighted by Gasteiger charge is -2.28. The van der Waals surface area contributed by atoms with E-state index in [0.29, 0.717) is 12.1 Å². The molecule has 1 heterocycles. The van der Waals surface area contributed by atoms with Crippen molar-refractivity contribution in [1.82, 2.24) is 5.32 Å². The highest BCUT2D eigenvalue weighted by atomic mass is 16.5. The second-order valence-electron chi connectivity index (χ2n) is 4.24. The predicted octanol–water partition coefficient (Wildman–Crippen LogP) is 2.30. The molecule has 1 aromatic carbocycles. The fourth-order valence-corrected chi connectivity index (χ4v) is 2.23. The third kappa shape index (κ3) is 2.39. The normalized spacial score (nSPS) is 22.1. The first-order chi connectivity index (χ1) is 7.31. The lowest BCUT2D eigenvalue weighted by Crippen LogP contribution is -2.32. The van der Waals surface area contributed by atoms with Crippen molar-refractivity contribution in [3.8, 4) is 0 Å². The highest BCUT2D eigenvalue weighted by Gasteiger charge is 2.20. The smallest absolute Gasteiger partial charge is 0.0561 e. The van der Waals surface area contributed by atoms with E-state index in [1.54, 1.807) is 7.11 Å². The molecule has 0 aromatic heterocycles. The van der Waals surface area contributed by atoms with E-state index < -0.39 is 0 Å². The SMILES string of the molecule is COC(C)CC1NCCc2ccccc21. The Morgan fingerprint density at radius 3 is 3.07 bits per heavy atom. The zero-order chi connectivity index (χ0) is 10.7. The summed E-state index contributed by atoms with van der Waals surface area (Å²) >= 11 is 0. The summed E-state index contributed by atoms with van der Waals surface area (Å²) in [6.07, 6.45) is 2.51. The molecule has 2 heteroatoms. The maximum absolute atomic E-state index is 5.33. The zero-order valence-corrected chi connectivity index (χ0v) is 9.49. The maximum Gasteiger partial charge on any atom is 0.0561 e. The molecule has 2 rings (SSSR count). The molecule has 2 unspecified atom stereocenters. The third-order valence-electron chi connectivity index (χ3n) is 3.19. The summed E-state index contributed by atoms with van der Waals surface area (Å²) < 4.78 is 5.33. The lowest BCUT2D eigenvalue weighted by molar-refractivity contribution is 0.0996. The van der Waals surface area contributed by atoms with Gasteiger partial charge in [0.15, 0.2) is 0 Å². The molecule has 0 fully saturated rings. The van der Waals surface area contributed by atoms with Crippen molar-refractivity contribution >= 4 is 0 Å². The number of rotatable bonds is 3. The average molecular weight is 205 g/mol. The lowest BCUT2D eigenvalue weighted by atomic mass is 9.91.